The van der Waals surface area contributed by atoms with Gasteiger partial charge in [0.15, 0.2) is 29.1 Å². The van der Waals surface area contributed by atoms with E-state index >= 15 is 0 Å². The maximum absolute atomic E-state index is 13.9. The molecule has 0 atom stereocenters. The van der Waals surface area contributed by atoms with Gasteiger partial charge in [0.2, 0.25) is 5.91 Å². The zero-order chi connectivity index (χ0) is 24.6. The molecule has 0 saturated carbocycles. The van der Waals surface area contributed by atoms with Crippen LogP contribution in [-0.2, 0) is 17.6 Å². The number of nitrogens with zero attached hydrogens (tertiary/aromatic N) is 4. The van der Waals surface area contributed by atoms with Crippen LogP contribution in [0.15, 0.2) is 60.9 Å². The summed E-state index contributed by atoms with van der Waals surface area (Å²) < 4.78 is 54.8. The summed E-state index contributed by atoms with van der Waals surface area (Å²) in [5.74, 6) is -3.76. The van der Waals surface area contributed by atoms with Gasteiger partial charge in [0.05, 0.1) is 5.41 Å². The van der Waals surface area contributed by atoms with Gasteiger partial charge in [-0.3, -0.25) is 19.8 Å². The SMILES string of the molecule is O=C1N(c2n[nH]c(-c3ccncc3)n2)CCC1(Cc1ccc(F)c(F)c1)Cc1ccc(F)c(F)c1. The molecular formula is C25H19F4N5O. The third kappa shape index (κ3) is 4.39. The molecule has 6 nitrogen and oxygen atoms in total. The fourth-order valence-corrected chi connectivity index (χ4v) is 4.50. The lowest BCUT2D eigenvalue weighted by Gasteiger charge is -2.28. The second-order valence-electron chi connectivity index (χ2n) is 8.56. The molecular weight excluding hydrogens is 462 g/mol. The molecule has 5 rings (SSSR count). The Morgan fingerprint density at radius 1 is 0.857 bits per heavy atom. The lowest BCUT2D eigenvalue weighted by atomic mass is 9.75. The van der Waals surface area contributed by atoms with E-state index in [2.05, 4.69) is 20.2 Å². The number of nitrogens with one attached hydrogen (secondary N) is 1. The van der Waals surface area contributed by atoms with Crippen molar-refractivity contribution in [1.29, 1.82) is 0 Å². The molecule has 1 aliphatic rings. The lowest BCUT2D eigenvalue weighted by molar-refractivity contribution is -0.125. The molecule has 1 N–H and O–H groups in total. The number of H-pyrrole nitrogens is 1. The minimum absolute atomic E-state index is 0.0696. The average Bonchev–Trinajstić information content (AvgIpc) is 3.45. The van der Waals surface area contributed by atoms with Crippen LogP contribution in [0.1, 0.15) is 17.5 Å². The van der Waals surface area contributed by atoms with Crippen LogP contribution in [0, 0.1) is 28.7 Å². The molecule has 4 aromatic rings. The van der Waals surface area contributed by atoms with E-state index in [1.807, 2.05) is 0 Å². The summed E-state index contributed by atoms with van der Waals surface area (Å²) in [5.41, 5.74) is 0.440. The quantitative estimate of drug-likeness (QED) is 0.408. The first kappa shape index (κ1) is 22.7. The van der Waals surface area contributed by atoms with Gasteiger partial charge < -0.3 is 0 Å². The van der Waals surface area contributed by atoms with Gasteiger partial charge in [-0.2, -0.15) is 4.98 Å². The van der Waals surface area contributed by atoms with Crippen molar-refractivity contribution in [2.45, 2.75) is 19.3 Å². The number of hydrogen-bond acceptors (Lipinski definition) is 4. The van der Waals surface area contributed by atoms with Crippen LogP contribution in [0.4, 0.5) is 23.5 Å². The Morgan fingerprint density at radius 2 is 1.46 bits per heavy atom. The van der Waals surface area contributed by atoms with Gasteiger partial charge in [0.25, 0.3) is 5.95 Å². The molecule has 2 aromatic heterocycles. The maximum Gasteiger partial charge on any atom is 0.251 e. The minimum atomic E-state index is -1.12. The fourth-order valence-electron chi connectivity index (χ4n) is 4.50. The predicted octanol–water partition coefficient (Wildman–Crippen LogP) is 4.63. The van der Waals surface area contributed by atoms with Crippen molar-refractivity contribution in [1.82, 2.24) is 20.2 Å². The van der Waals surface area contributed by atoms with Gasteiger partial charge in [0, 0.05) is 24.5 Å². The molecule has 178 valence electrons. The molecule has 0 bridgehead atoms. The maximum atomic E-state index is 13.9. The summed E-state index contributed by atoms with van der Waals surface area (Å²) in [6.45, 7) is 0.264. The van der Waals surface area contributed by atoms with Crippen molar-refractivity contribution < 1.29 is 22.4 Å². The number of halogens is 4. The largest absolute Gasteiger partial charge is 0.279 e. The number of aromatic amines is 1. The number of rotatable bonds is 6. The summed E-state index contributed by atoms with van der Waals surface area (Å²) in [6.07, 6.45) is 3.67. The third-order valence-corrected chi connectivity index (χ3v) is 6.23. The highest BCUT2D eigenvalue weighted by Gasteiger charge is 2.48. The van der Waals surface area contributed by atoms with E-state index in [0.717, 1.165) is 29.8 Å². The van der Waals surface area contributed by atoms with Crippen LogP contribution in [0.25, 0.3) is 11.4 Å². The van der Waals surface area contributed by atoms with Crippen LogP contribution in [0.5, 0.6) is 0 Å². The summed E-state index contributed by atoms with van der Waals surface area (Å²) in [4.78, 5) is 23.6. The molecule has 1 amide bonds. The zero-order valence-corrected chi connectivity index (χ0v) is 18.3. The molecule has 0 radical (unpaired) electrons. The van der Waals surface area contributed by atoms with Crippen LogP contribution in [-0.4, -0.2) is 32.6 Å². The van der Waals surface area contributed by atoms with E-state index < -0.39 is 28.7 Å². The number of carbonyl (C=O) groups is 1. The van der Waals surface area contributed by atoms with E-state index in [0.29, 0.717) is 23.4 Å². The topological polar surface area (TPSA) is 74.8 Å². The average molecular weight is 481 g/mol. The zero-order valence-electron chi connectivity index (χ0n) is 18.3. The molecule has 0 unspecified atom stereocenters. The summed E-state index contributed by atoms with van der Waals surface area (Å²) in [5, 5.41) is 6.99. The highest BCUT2D eigenvalue weighted by Crippen LogP contribution is 2.40. The molecule has 0 spiro atoms. The Kier molecular flexibility index (Phi) is 5.80. The smallest absolute Gasteiger partial charge is 0.251 e. The molecule has 10 heteroatoms. The van der Waals surface area contributed by atoms with Gasteiger partial charge in [-0.15, -0.1) is 5.10 Å². The van der Waals surface area contributed by atoms with Crippen LogP contribution in [0.3, 0.4) is 0 Å². The lowest BCUT2D eigenvalue weighted by Crippen LogP contribution is -2.38. The van der Waals surface area contributed by atoms with E-state index in [1.54, 1.807) is 24.5 Å². The van der Waals surface area contributed by atoms with Crippen molar-refractivity contribution in [3.63, 3.8) is 0 Å². The molecule has 3 heterocycles. The highest BCUT2D eigenvalue weighted by molar-refractivity contribution is 5.99. The standard InChI is InChI=1S/C25H19F4N5O/c26-18-3-1-15(11-20(18)28)13-25(14-16-2-4-19(27)21(29)12-16)7-10-34(23(25)35)24-31-22(32-33-24)17-5-8-30-9-6-17/h1-6,8-9,11-12H,7,10,13-14H2,(H,31,32,33). The molecule has 35 heavy (non-hydrogen) atoms. The summed E-state index contributed by atoms with van der Waals surface area (Å²) in [7, 11) is 0. The van der Waals surface area contributed by atoms with Crippen LogP contribution >= 0.6 is 0 Å². The van der Waals surface area contributed by atoms with E-state index in [1.165, 1.54) is 17.0 Å². The summed E-state index contributed by atoms with van der Waals surface area (Å²) in [6, 6.07) is 10.4. The predicted molar refractivity (Wildman–Crippen MR) is 119 cm³/mol. The Labute approximate surface area is 197 Å². The Bertz CT molecular complexity index is 1340. The molecule has 2 aromatic carbocycles. The van der Waals surface area contributed by atoms with Gasteiger partial charge in [-0.1, -0.05) is 12.1 Å². The number of pyridine rings is 1. The normalized spacial score (nSPS) is 15.1. The van der Waals surface area contributed by atoms with Crippen molar-refractivity contribution in [2.24, 2.45) is 5.41 Å². The summed E-state index contributed by atoms with van der Waals surface area (Å²) >= 11 is 0. The second-order valence-corrected chi connectivity index (χ2v) is 8.56. The Balaban J connectivity index is 1.49. The number of benzene rings is 2. The van der Waals surface area contributed by atoms with Crippen molar-refractivity contribution in [3.05, 3.63) is 95.3 Å². The molecule has 0 aliphatic carbocycles. The Hall–Kier alpha value is -4.08. The van der Waals surface area contributed by atoms with E-state index in [4.69, 9.17) is 0 Å². The molecule has 1 fully saturated rings. The van der Waals surface area contributed by atoms with E-state index in [9.17, 15) is 22.4 Å². The number of amides is 1. The number of aromatic nitrogens is 4. The number of anilines is 1. The van der Waals surface area contributed by atoms with Crippen molar-refractivity contribution in [2.75, 3.05) is 11.4 Å². The first-order valence-corrected chi connectivity index (χ1v) is 10.9. The molecule has 1 aliphatic heterocycles. The fraction of sp³-hybridized carbons (Fsp3) is 0.200. The first-order chi connectivity index (χ1) is 16.8. The van der Waals surface area contributed by atoms with Gasteiger partial charge in [0.1, 0.15) is 0 Å². The highest BCUT2D eigenvalue weighted by atomic mass is 19.2. The van der Waals surface area contributed by atoms with Crippen LogP contribution < -0.4 is 4.90 Å². The minimum Gasteiger partial charge on any atom is -0.279 e. The third-order valence-electron chi connectivity index (χ3n) is 6.23. The first-order valence-electron chi connectivity index (χ1n) is 10.9. The molecule has 1 saturated heterocycles. The number of hydrogen-bond donors (Lipinski definition) is 1. The van der Waals surface area contributed by atoms with E-state index in [-0.39, 0.29) is 31.2 Å². The van der Waals surface area contributed by atoms with Crippen molar-refractivity contribution in [3.8, 4) is 11.4 Å². The Morgan fingerprint density at radius 3 is 2.03 bits per heavy atom. The van der Waals surface area contributed by atoms with Gasteiger partial charge >= 0.3 is 0 Å². The number of carbonyl (C=O) groups excluding carboxylic acids is 1. The van der Waals surface area contributed by atoms with Crippen LogP contribution in [0.2, 0.25) is 0 Å². The second kappa shape index (κ2) is 8.94. The monoisotopic (exact) mass is 481 g/mol. The van der Waals surface area contributed by atoms with Crippen molar-refractivity contribution >= 4 is 11.9 Å². The van der Waals surface area contributed by atoms with Gasteiger partial charge in [-0.25, -0.2) is 17.6 Å². The van der Waals surface area contributed by atoms with Gasteiger partial charge in [-0.05, 0) is 66.8 Å².